The fraction of sp³-hybridized carbons (Fsp3) is 0.438. The van der Waals surface area contributed by atoms with Gasteiger partial charge in [-0.25, -0.2) is 0 Å². The number of carbonyl (C=O) groups is 1. The van der Waals surface area contributed by atoms with E-state index in [0.29, 0.717) is 19.6 Å². The van der Waals surface area contributed by atoms with Crippen molar-refractivity contribution in [1.82, 2.24) is 5.32 Å². The molecule has 0 bridgehead atoms. The van der Waals surface area contributed by atoms with Gasteiger partial charge in [0.05, 0.1) is 6.61 Å². The highest BCUT2D eigenvalue weighted by atomic mass is 16.5. The van der Waals surface area contributed by atoms with Crippen molar-refractivity contribution in [1.29, 1.82) is 0 Å². The molecular weight excluding hydrogens is 254 g/mol. The van der Waals surface area contributed by atoms with E-state index < -0.39 is 0 Å². The highest BCUT2D eigenvalue weighted by molar-refractivity contribution is 5.69. The van der Waals surface area contributed by atoms with Crippen LogP contribution in [0.5, 0.6) is 5.75 Å². The number of terminal acetylenes is 1. The first-order valence-corrected chi connectivity index (χ1v) is 6.78. The van der Waals surface area contributed by atoms with Crippen molar-refractivity contribution in [2.24, 2.45) is 0 Å². The Bertz CT molecular complexity index is 451. The van der Waals surface area contributed by atoms with Crippen molar-refractivity contribution >= 4 is 5.97 Å². The predicted octanol–water partition coefficient (Wildman–Crippen LogP) is 2.13. The molecule has 0 heterocycles. The molecule has 108 valence electrons. The van der Waals surface area contributed by atoms with Crippen LogP contribution in [0.15, 0.2) is 24.3 Å². The van der Waals surface area contributed by atoms with E-state index in [1.54, 1.807) is 0 Å². The molecule has 0 amide bonds. The molecule has 0 radical (unpaired) electrons. The third kappa shape index (κ3) is 6.26. The van der Waals surface area contributed by atoms with Gasteiger partial charge in [0.15, 0.2) is 0 Å². The number of nitrogens with one attached hydrogen (secondary N) is 1. The van der Waals surface area contributed by atoms with E-state index in [0.717, 1.165) is 24.3 Å². The van der Waals surface area contributed by atoms with Crippen LogP contribution in [0.2, 0.25) is 0 Å². The Morgan fingerprint density at radius 3 is 2.95 bits per heavy atom. The zero-order chi connectivity index (χ0) is 14.6. The van der Waals surface area contributed by atoms with Gasteiger partial charge in [-0.15, -0.1) is 6.42 Å². The van der Waals surface area contributed by atoms with Crippen LogP contribution in [-0.4, -0.2) is 25.7 Å². The second-order valence-corrected chi connectivity index (χ2v) is 4.19. The fourth-order valence-electron chi connectivity index (χ4n) is 1.72. The summed E-state index contributed by atoms with van der Waals surface area (Å²) in [6.07, 6.45) is 6.38. The zero-order valence-electron chi connectivity index (χ0n) is 11.9. The number of benzene rings is 1. The van der Waals surface area contributed by atoms with Gasteiger partial charge >= 0.3 is 5.97 Å². The molecule has 1 aromatic carbocycles. The molecule has 0 aliphatic rings. The first kappa shape index (κ1) is 16.1. The third-order valence-electron chi connectivity index (χ3n) is 2.64. The molecule has 0 aliphatic heterocycles. The summed E-state index contributed by atoms with van der Waals surface area (Å²) in [5.74, 6) is 3.10. The molecule has 1 aromatic rings. The van der Waals surface area contributed by atoms with Crippen molar-refractivity contribution < 1.29 is 14.3 Å². The summed E-state index contributed by atoms with van der Waals surface area (Å²) < 4.78 is 10.3. The number of hydrogen-bond donors (Lipinski definition) is 1. The first-order valence-electron chi connectivity index (χ1n) is 6.78. The standard InChI is InChI=1S/C16H21NO3/c1-3-12-20-15-9-6-5-8-14(15)13-17-11-7-10-16(18)19-4-2/h1,5-6,8-9,17H,4,7,10-13H2,2H3. The Hall–Kier alpha value is -1.99. The molecule has 4 nitrogen and oxygen atoms in total. The van der Waals surface area contributed by atoms with Gasteiger partial charge in [-0.05, 0) is 26.0 Å². The summed E-state index contributed by atoms with van der Waals surface area (Å²) in [5, 5.41) is 3.28. The quantitative estimate of drug-likeness (QED) is 0.426. The van der Waals surface area contributed by atoms with Crippen molar-refractivity contribution in [3.8, 4) is 18.1 Å². The molecule has 0 aromatic heterocycles. The Balaban J connectivity index is 2.28. The van der Waals surface area contributed by atoms with Crippen molar-refractivity contribution in [3.63, 3.8) is 0 Å². The number of rotatable bonds is 9. The largest absolute Gasteiger partial charge is 0.481 e. The van der Waals surface area contributed by atoms with E-state index in [9.17, 15) is 4.79 Å². The highest BCUT2D eigenvalue weighted by Gasteiger charge is 2.03. The fourth-order valence-corrected chi connectivity index (χ4v) is 1.72. The lowest BCUT2D eigenvalue weighted by molar-refractivity contribution is -0.143. The molecule has 1 N–H and O–H groups in total. The monoisotopic (exact) mass is 275 g/mol. The molecule has 0 atom stereocenters. The Morgan fingerprint density at radius 2 is 2.20 bits per heavy atom. The lowest BCUT2D eigenvalue weighted by Crippen LogP contribution is -2.17. The van der Waals surface area contributed by atoms with Gasteiger partial charge < -0.3 is 14.8 Å². The van der Waals surface area contributed by atoms with Crippen LogP contribution in [0.4, 0.5) is 0 Å². The zero-order valence-corrected chi connectivity index (χ0v) is 11.9. The van der Waals surface area contributed by atoms with Crippen LogP contribution in [0.1, 0.15) is 25.3 Å². The molecule has 0 aliphatic carbocycles. The molecule has 0 unspecified atom stereocenters. The van der Waals surface area contributed by atoms with Gasteiger partial charge in [-0.1, -0.05) is 24.1 Å². The van der Waals surface area contributed by atoms with Gasteiger partial charge in [-0.3, -0.25) is 4.79 Å². The normalized spacial score (nSPS) is 9.80. The van der Waals surface area contributed by atoms with Crippen molar-refractivity contribution in [2.45, 2.75) is 26.3 Å². The Labute approximate surface area is 120 Å². The van der Waals surface area contributed by atoms with Crippen molar-refractivity contribution in [2.75, 3.05) is 19.8 Å². The number of esters is 1. The van der Waals surface area contributed by atoms with Gasteiger partial charge in [0.25, 0.3) is 0 Å². The SMILES string of the molecule is C#CCOc1ccccc1CNCCCC(=O)OCC. The summed E-state index contributed by atoms with van der Waals surface area (Å²) >= 11 is 0. The number of hydrogen-bond acceptors (Lipinski definition) is 4. The second kappa shape index (κ2) is 9.88. The van der Waals surface area contributed by atoms with E-state index in [4.69, 9.17) is 15.9 Å². The van der Waals surface area contributed by atoms with E-state index >= 15 is 0 Å². The summed E-state index contributed by atoms with van der Waals surface area (Å²) in [5.41, 5.74) is 1.05. The molecule has 0 spiro atoms. The van der Waals surface area contributed by atoms with Crippen LogP contribution >= 0.6 is 0 Å². The average Bonchev–Trinajstić information content (AvgIpc) is 2.46. The Morgan fingerprint density at radius 1 is 1.40 bits per heavy atom. The van der Waals surface area contributed by atoms with Crippen LogP contribution in [-0.2, 0) is 16.1 Å². The van der Waals surface area contributed by atoms with Crippen LogP contribution in [0.25, 0.3) is 0 Å². The summed E-state index contributed by atoms with van der Waals surface area (Å²) in [6.45, 7) is 3.95. The average molecular weight is 275 g/mol. The number of carbonyl (C=O) groups excluding carboxylic acids is 1. The lowest BCUT2D eigenvalue weighted by atomic mass is 10.2. The number of para-hydroxylation sites is 1. The summed E-state index contributed by atoms with van der Waals surface area (Å²) in [4.78, 5) is 11.2. The maximum absolute atomic E-state index is 11.2. The molecular formula is C16H21NO3. The minimum Gasteiger partial charge on any atom is -0.481 e. The van der Waals surface area contributed by atoms with Crippen LogP contribution in [0, 0.1) is 12.3 Å². The van der Waals surface area contributed by atoms with E-state index in [2.05, 4.69) is 11.2 Å². The van der Waals surface area contributed by atoms with Gasteiger partial charge in [0.2, 0.25) is 0 Å². The molecule has 0 fully saturated rings. The van der Waals surface area contributed by atoms with Crippen LogP contribution < -0.4 is 10.1 Å². The van der Waals surface area contributed by atoms with E-state index in [1.807, 2.05) is 31.2 Å². The van der Waals surface area contributed by atoms with Crippen LogP contribution in [0.3, 0.4) is 0 Å². The molecule has 0 saturated carbocycles. The minimum absolute atomic E-state index is 0.146. The molecule has 0 saturated heterocycles. The predicted molar refractivity (Wildman–Crippen MR) is 78.3 cm³/mol. The van der Waals surface area contributed by atoms with E-state index in [1.165, 1.54) is 0 Å². The van der Waals surface area contributed by atoms with E-state index in [-0.39, 0.29) is 12.6 Å². The maximum Gasteiger partial charge on any atom is 0.305 e. The lowest BCUT2D eigenvalue weighted by Gasteiger charge is -2.10. The third-order valence-corrected chi connectivity index (χ3v) is 2.64. The van der Waals surface area contributed by atoms with Gasteiger partial charge in [0, 0.05) is 18.5 Å². The second-order valence-electron chi connectivity index (χ2n) is 4.19. The Kier molecular flexibility index (Phi) is 7.93. The first-order chi connectivity index (χ1) is 9.77. The van der Waals surface area contributed by atoms with Gasteiger partial charge in [0.1, 0.15) is 12.4 Å². The minimum atomic E-state index is -0.146. The molecule has 20 heavy (non-hydrogen) atoms. The smallest absolute Gasteiger partial charge is 0.305 e. The highest BCUT2D eigenvalue weighted by Crippen LogP contribution is 2.17. The molecule has 4 heteroatoms. The van der Waals surface area contributed by atoms with Gasteiger partial charge in [-0.2, -0.15) is 0 Å². The number of ether oxygens (including phenoxy) is 2. The summed E-state index contributed by atoms with van der Waals surface area (Å²) in [7, 11) is 0. The molecule has 1 rings (SSSR count). The van der Waals surface area contributed by atoms with Crippen molar-refractivity contribution in [3.05, 3.63) is 29.8 Å². The maximum atomic E-state index is 11.2. The topological polar surface area (TPSA) is 47.6 Å². The summed E-state index contributed by atoms with van der Waals surface area (Å²) in [6, 6.07) is 7.76.